The largest absolute Gasteiger partial charge is 0.299 e. The molecule has 90 valence electrons. The molecule has 0 atom stereocenters. The van der Waals surface area contributed by atoms with Gasteiger partial charge in [-0.3, -0.25) is 4.90 Å². The van der Waals surface area contributed by atoms with Crippen molar-refractivity contribution in [2.75, 3.05) is 18.4 Å². The van der Waals surface area contributed by atoms with Crippen molar-refractivity contribution < 1.29 is 0 Å². The zero-order valence-electron chi connectivity index (χ0n) is 10.8. The molecule has 0 aromatic heterocycles. The van der Waals surface area contributed by atoms with Gasteiger partial charge in [-0.25, -0.2) is 0 Å². The summed E-state index contributed by atoms with van der Waals surface area (Å²) in [5.41, 5.74) is 5.70. The molecule has 16 heavy (non-hydrogen) atoms. The molecule has 1 rings (SSSR count). The van der Waals surface area contributed by atoms with Crippen molar-refractivity contribution in [2.24, 2.45) is 0 Å². The highest BCUT2D eigenvalue weighted by Gasteiger charge is 2.08. The van der Waals surface area contributed by atoms with Gasteiger partial charge in [0, 0.05) is 18.4 Å². The first-order valence-electron chi connectivity index (χ1n) is 5.93. The van der Waals surface area contributed by atoms with Crippen LogP contribution in [0.2, 0.25) is 0 Å². The maximum absolute atomic E-state index is 3.51. The van der Waals surface area contributed by atoms with E-state index < -0.39 is 0 Å². The van der Waals surface area contributed by atoms with E-state index in [1.54, 1.807) is 0 Å². The van der Waals surface area contributed by atoms with Gasteiger partial charge in [-0.2, -0.15) is 0 Å². The predicted octanol–water partition coefficient (Wildman–Crippen LogP) is 3.83. The van der Waals surface area contributed by atoms with E-state index in [2.05, 4.69) is 60.7 Å². The average Bonchev–Trinajstić information content (AvgIpc) is 2.21. The maximum Gasteiger partial charge on any atom is 0.0239 e. The third-order valence-electron chi connectivity index (χ3n) is 3.07. The lowest BCUT2D eigenvalue weighted by molar-refractivity contribution is 0.298. The van der Waals surface area contributed by atoms with Crippen LogP contribution >= 0.6 is 15.9 Å². The molecule has 0 aliphatic rings. The molecule has 0 amide bonds. The van der Waals surface area contributed by atoms with Crippen molar-refractivity contribution in [3.8, 4) is 0 Å². The number of alkyl halides is 1. The molecule has 2 heteroatoms. The SMILES string of the molecule is CCN(CCBr)Cc1c(C)cc(C)cc1C. The summed E-state index contributed by atoms with van der Waals surface area (Å²) in [5.74, 6) is 0. The molecule has 1 aromatic rings. The molecule has 0 N–H and O–H groups in total. The first-order valence-corrected chi connectivity index (χ1v) is 7.05. The van der Waals surface area contributed by atoms with Gasteiger partial charge in [0.25, 0.3) is 0 Å². The predicted molar refractivity (Wildman–Crippen MR) is 75.4 cm³/mol. The molecule has 1 nitrogen and oxygen atoms in total. The van der Waals surface area contributed by atoms with Crippen LogP contribution in [0.4, 0.5) is 0 Å². The Hall–Kier alpha value is -0.340. The Morgan fingerprint density at radius 1 is 1.12 bits per heavy atom. The number of hydrogen-bond donors (Lipinski definition) is 0. The second kappa shape index (κ2) is 6.41. The number of halogens is 1. The van der Waals surface area contributed by atoms with Gasteiger partial charge in [0.2, 0.25) is 0 Å². The number of rotatable bonds is 5. The smallest absolute Gasteiger partial charge is 0.0239 e. The van der Waals surface area contributed by atoms with Crippen LogP contribution in [0.5, 0.6) is 0 Å². The molecule has 0 aliphatic heterocycles. The van der Waals surface area contributed by atoms with Gasteiger partial charge in [0.1, 0.15) is 0 Å². The maximum atomic E-state index is 3.51. The third-order valence-corrected chi connectivity index (χ3v) is 3.42. The minimum absolute atomic E-state index is 1.05. The summed E-state index contributed by atoms with van der Waals surface area (Å²) in [4.78, 5) is 2.47. The molecular weight excluding hydrogens is 262 g/mol. The molecule has 0 radical (unpaired) electrons. The second-order valence-corrected chi connectivity index (χ2v) is 5.23. The topological polar surface area (TPSA) is 3.24 Å². The molecular formula is C14H22BrN. The van der Waals surface area contributed by atoms with Gasteiger partial charge >= 0.3 is 0 Å². The van der Waals surface area contributed by atoms with Crippen molar-refractivity contribution in [3.63, 3.8) is 0 Å². The lowest BCUT2D eigenvalue weighted by atomic mass is 9.99. The molecule has 0 spiro atoms. The number of benzene rings is 1. The van der Waals surface area contributed by atoms with E-state index in [-0.39, 0.29) is 0 Å². The van der Waals surface area contributed by atoms with E-state index >= 15 is 0 Å². The van der Waals surface area contributed by atoms with Crippen LogP contribution in [0.15, 0.2) is 12.1 Å². The highest BCUT2D eigenvalue weighted by molar-refractivity contribution is 9.09. The monoisotopic (exact) mass is 283 g/mol. The van der Waals surface area contributed by atoms with Crippen molar-refractivity contribution in [3.05, 3.63) is 34.4 Å². The molecule has 0 saturated heterocycles. The Labute approximate surface area is 108 Å². The van der Waals surface area contributed by atoms with Crippen LogP contribution in [0.3, 0.4) is 0 Å². The summed E-state index contributed by atoms with van der Waals surface area (Å²) in [6.07, 6.45) is 0. The van der Waals surface area contributed by atoms with Crippen molar-refractivity contribution in [2.45, 2.75) is 34.2 Å². The van der Waals surface area contributed by atoms with Crippen LogP contribution in [-0.4, -0.2) is 23.3 Å². The van der Waals surface area contributed by atoms with Crippen LogP contribution in [0.25, 0.3) is 0 Å². The van der Waals surface area contributed by atoms with E-state index in [4.69, 9.17) is 0 Å². The fourth-order valence-electron chi connectivity index (χ4n) is 2.15. The lowest BCUT2D eigenvalue weighted by Gasteiger charge is -2.22. The standard InChI is InChI=1S/C14H22BrN/c1-5-16(7-6-15)10-14-12(3)8-11(2)9-13(14)4/h8-9H,5-7,10H2,1-4H3. The van der Waals surface area contributed by atoms with Crippen molar-refractivity contribution in [1.29, 1.82) is 0 Å². The Bertz CT molecular complexity index is 324. The van der Waals surface area contributed by atoms with Crippen molar-refractivity contribution in [1.82, 2.24) is 4.90 Å². The minimum Gasteiger partial charge on any atom is -0.299 e. The van der Waals surface area contributed by atoms with Gasteiger partial charge < -0.3 is 0 Å². The van der Waals surface area contributed by atoms with Gasteiger partial charge in [-0.1, -0.05) is 40.5 Å². The van der Waals surface area contributed by atoms with E-state index in [1.807, 2.05) is 0 Å². The summed E-state index contributed by atoms with van der Waals surface area (Å²) in [6.45, 7) is 12.1. The molecule has 0 aliphatic carbocycles. The van der Waals surface area contributed by atoms with Crippen LogP contribution < -0.4 is 0 Å². The van der Waals surface area contributed by atoms with Gasteiger partial charge in [0.05, 0.1) is 0 Å². The molecule has 1 aromatic carbocycles. The van der Waals surface area contributed by atoms with E-state index in [1.165, 1.54) is 22.3 Å². The zero-order valence-corrected chi connectivity index (χ0v) is 12.4. The van der Waals surface area contributed by atoms with Crippen molar-refractivity contribution >= 4 is 15.9 Å². The quantitative estimate of drug-likeness (QED) is 0.743. The van der Waals surface area contributed by atoms with Gasteiger partial charge in [-0.15, -0.1) is 0 Å². The Morgan fingerprint density at radius 2 is 1.69 bits per heavy atom. The van der Waals surface area contributed by atoms with Crippen LogP contribution in [0, 0.1) is 20.8 Å². The first kappa shape index (κ1) is 13.7. The molecule has 0 bridgehead atoms. The van der Waals surface area contributed by atoms with Crippen LogP contribution in [0.1, 0.15) is 29.2 Å². The zero-order chi connectivity index (χ0) is 12.1. The van der Waals surface area contributed by atoms with E-state index in [0.29, 0.717) is 0 Å². The highest BCUT2D eigenvalue weighted by atomic mass is 79.9. The highest BCUT2D eigenvalue weighted by Crippen LogP contribution is 2.18. The average molecular weight is 284 g/mol. The Morgan fingerprint density at radius 3 is 2.12 bits per heavy atom. The molecule has 0 heterocycles. The molecule has 0 saturated carbocycles. The second-order valence-electron chi connectivity index (χ2n) is 4.44. The van der Waals surface area contributed by atoms with Gasteiger partial charge in [0.15, 0.2) is 0 Å². The number of nitrogens with zero attached hydrogens (tertiary/aromatic N) is 1. The fraction of sp³-hybridized carbons (Fsp3) is 0.571. The van der Waals surface area contributed by atoms with Crippen LogP contribution in [-0.2, 0) is 6.54 Å². The summed E-state index contributed by atoms with van der Waals surface area (Å²) < 4.78 is 0. The normalized spacial score (nSPS) is 11.1. The fourth-order valence-corrected chi connectivity index (χ4v) is 2.65. The lowest BCUT2D eigenvalue weighted by Crippen LogP contribution is -2.25. The summed E-state index contributed by atoms with van der Waals surface area (Å²) in [7, 11) is 0. The summed E-state index contributed by atoms with van der Waals surface area (Å²) >= 11 is 3.51. The Balaban J connectivity index is 2.87. The molecule has 0 fully saturated rings. The van der Waals surface area contributed by atoms with E-state index in [9.17, 15) is 0 Å². The molecule has 0 unspecified atom stereocenters. The third kappa shape index (κ3) is 3.60. The minimum atomic E-state index is 1.05. The van der Waals surface area contributed by atoms with E-state index in [0.717, 1.165) is 25.0 Å². The summed E-state index contributed by atoms with van der Waals surface area (Å²) in [5, 5.41) is 1.05. The summed E-state index contributed by atoms with van der Waals surface area (Å²) in [6, 6.07) is 4.56. The number of aryl methyl sites for hydroxylation is 3. The Kier molecular flexibility index (Phi) is 5.50. The first-order chi connectivity index (χ1) is 7.58. The number of hydrogen-bond acceptors (Lipinski definition) is 1. The van der Waals surface area contributed by atoms with Gasteiger partial charge in [-0.05, 0) is 44.0 Å².